The van der Waals surface area contributed by atoms with Crippen molar-refractivity contribution in [2.75, 3.05) is 12.3 Å². The maximum absolute atomic E-state index is 11.6. The van der Waals surface area contributed by atoms with E-state index in [2.05, 4.69) is 0 Å². The molecule has 1 aromatic rings. The van der Waals surface area contributed by atoms with E-state index < -0.39 is 0 Å². The fourth-order valence-electron chi connectivity index (χ4n) is 1.42. The molecule has 0 spiro atoms. The van der Waals surface area contributed by atoms with Crippen LogP contribution in [0.4, 0.5) is 5.69 Å². The maximum atomic E-state index is 11.6. The molecule has 0 fully saturated rings. The van der Waals surface area contributed by atoms with E-state index in [0.717, 1.165) is 5.56 Å². The number of hydrogen-bond acceptors (Lipinski definition) is 4. The summed E-state index contributed by atoms with van der Waals surface area (Å²) in [7, 11) is 0. The maximum Gasteiger partial charge on any atom is 0.338 e. The van der Waals surface area contributed by atoms with Gasteiger partial charge in [-0.15, -0.1) is 0 Å². The monoisotopic (exact) mass is 218 g/mol. The van der Waals surface area contributed by atoms with Crippen molar-refractivity contribution in [3.8, 4) is 6.07 Å². The van der Waals surface area contributed by atoms with Crippen LogP contribution in [0, 0.1) is 11.3 Å². The van der Waals surface area contributed by atoms with Gasteiger partial charge in [-0.05, 0) is 37.1 Å². The highest BCUT2D eigenvalue weighted by atomic mass is 16.5. The predicted molar refractivity (Wildman–Crippen MR) is 60.7 cm³/mol. The molecule has 0 radical (unpaired) electrons. The standard InChI is InChI=1S/C12H14N2O2/c1-2-16-12(15)11-6-5-10(14)8-9(11)4-3-7-13/h5-6,8H,2-4,14H2,1H3. The number of carbonyl (C=O) groups excluding carboxylic acids is 1. The van der Waals surface area contributed by atoms with Crippen LogP contribution in [0.1, 0.15) is 29.3 Å². The van der Waals surface area contributed by atoms with Gasteiger partial charge in [0.15, 0.2) is 0 Å². The Morgan fingerprint density at radius 3 is 2.94 bits per heavy atom. The zero-order valence-corrected chi connectivity index (χ0v) is 9.19. The minimum atomic E-state index is -0.365. The number of nitriles is 1. The van der Waals surface area contributed by atoms with Gasteiger partial charge in [-0.3, -0.25) is 0 Å². The number of aryl methyl sites for hydroxylation is 1. The average Bonchev–Trinajstić information content (AvgIpc) is 2.26. The minimum absolute atomic E-state index is 0.334. The van der Waals surface area contributed by atoms with Crippen LogP contribution in [-0.4, -0.2) is 12.6 Å². The molecular weight excluding hydrogens is 204 g/mol. The van der Waals surface area contributed by atoms with Crippen LogP contribution < -0.4 is 5.73 Å². The first kappa shape index (κ1) is 12.1. The van der Waals surface area contributed by atoms with E-state index >= 15 is 0 Å². The van der Waals surface area contributed by atoms with Crippen LogP contribution in [0.3, 0.4) is 0 Å². The number of nitrogens with two attached hydrogens (primary N) is 1. The fraction of sp³-hybridized carbons (Fsp3) is 0.333. The first-order chi connectivity index (χ1) is 7.69. The van der Waals surface area contributed by atoms with Crippen LogP contribution in [0.5, 0.6) is 0 Å². The third-order valence-corrected chi connectivity index (χ3v) is 2.13. The van der Waals surface area contributed by atoms with E-state index in [-0.39, 0.29) is 5.97 Å². The Kier molecular flexibility index (Phi) is 4.34. The van der Waals surface area contributed by atoms with E-state index in [4.69, 9.17) is 15.7 Å². The third kappa shape index (κ3) is 2.99. The molecule has 1 rings (SSSR count). The first-order valence-corrected chi connectivity index (χ1v) is 5.11. The number of hydrogen-bond donors (Lipinski definition) is 1. The highest BCUT2D eigenvalue weighted by Crippen LogP contribution is 2.16. The van der Waals surface area contributed by atoms with Gasteiger partial charge < -0.3 is 10.5 Å². The molecule has 0 heterocycles. The van der Waals surface area contributed by atoms with Crippen molar-refractivity contribution in [3.05, 3.63) is 29.3 Å². The Balaban J connectivity index is 2.98. The molecule has 84 valence electrons. The number of ether oxygens (including phenoxy) is 1. The predicted octanol–water partition coefficient (Wildman–Crippen LogP) is 1.90. The zero-order chi connectivity index (χ0) is 12.0. The number of anilines is 1. The van der Waals surface area contributed by atoms with Gasteiger partial charge in [-0.25, -0.2) is 4.79 Å². The molecule has 0 saturated carbocycles. The van der Waals surface area contributed by atoms with Crippen LogP contribution in [0.2, 0.25) is 0 Å². The van der Waals surface area contributed by atoms with E-state index in [9.17, 15) is 4.79 Å². The third-order valence-electron chi connectivity index (χ3n) is 2.13. The van der Waals surface area contributed by atoms with Crippen molar-refractivity contribution in [1.82, 2.24) is 0 Å². The Morgan fingerprint density at radius 2 is 2.31 bits per heavy atom. The lowest BCUT2D eigenvalue weighted by atomic mass is 10.0. The van der Waals surface area contributed by atoms with Gasteiger partial charge in [-0.2, -0.15) is 5.26 Å². The molecule has 0 amide bonds. The number of rotatable bonds is 4. The van der Waals surface area contributed by atoms with E-state index in [1.165, 1.54) is 0 Å². The highest BCUT2D eigenvalue weighted by molar-refractivity contribution is 5.91. The summed E-state index contributed by atoms with van der Waals surface area (Å²) >= 11 is 0. The van der Waals surface area contributed by atoms with Crippen molar-refractivity contribution in [3.63, 3.8) is 0 Å². The first-order valence-electron chi connectivity index (χ1n) is 5.11. The average molecular weight is 218 g/mol. The van der Waals surface area contributed by atoms with Crippen molar-refractivity contribution in [1.29, 1.82) is 5.26 Å². The van der Waals surface area contributed by atoms with Crippen molar-refractivity contribution < 1.29 is 9.53 Å². The van der Waals surface area contributed by atoms with Gasteiger partial charge in [0.05, 0.1) is 18.2 Å². The SMILES string of the molecule is CCOC(=O)c1ccc(N)cc1CCC#N. The molecule has 2 N–H and O–H groups in total. The Morgan fingerprint density at radius 1 is 1.56 bits per heavy atom. The lowest BCUT2D eigenvalue weighted by Gasteiger charge is -2.08. The zero-order valence-electron chi connectivity index (χ0n) is 9.19. The topological polar surface area (TPSA) is 76.1 Å². The summed E-state index contributed by atoms with van der Waals surface area (Å²) in [5.41, 5.74) is 7.48. The molecule has 0 atom stereocenters. The molecule has 1 aromatic carbocycles. The van der Waals surface area contributed by atoms with Crippen LogP contribution in [0.15, 0.2) is 18.2 Å². The molecule has 4 nitrogen and oxygen atoms in total. The largest absolute Gasteiger partial charge is 0.462 e. The number of carbonyl (C=O) groups is 1. The summed E-state index contributed by atoms with van der Waals surface area (Å²) in [6, 6.07) is 7.05. The summed E-state index contributed by atoms with van der Waals surface area (Å²) in [6.45, 7) is 2.09. The summed E-state index contributed by atoms with van der Waals surface area (Å²) < 4.78 is 4.93. The lowest BCUT2D eigenvalue weighted by molar-refractivity contribution is 0.0525. The summed E-state index contributed by atoms with van der Waals surface area (Å²) in [4.78, 5) is 11.6. The van der Waals surface area contributed by atoms with E-state index in [1.54, 1.807) is 25.1 Å². The molecule has 0 bridgehead atoms. The van der Waals surface area contributed by atoms with Gasteiger partial charge >= 0.3 is 5.97 Å². The smallest absolute Gasteiger partial charge is 0.338 e. The molecule has 0 unspecified atom stereocenters. The Bertz CT molecular complexity index is 422. The molecule has 0 aromatic heterocycles. The van der Waals surface area contributed by atoms with Gasteiger partial charge in [0.2, 0.25) is 0 Å². The minimum Gasteiger partial charge on any atom is -0.462 e. The second-order valence-electron chi connectivity index (χ2n) is 3.30. The Hall–Kier alpha value is -2.02. The van der Waals surface area contributed by atoms with Gasteiger partial charge in [0, 0.05) is 12.1 Å². The molecule has 0 aliphatic carbocycles. The van der Waals surface area contributed by atoms with Crippen LogP contribution >= 0.6 is 0 Å². The van der Waals surface area contributed by atoms with Crippen molar-refractivity contribution >= 4 is 11.7 Å². The number of esters is 1. The lowest BCUT2D eigenvalue weighted by Crippen LogP contribution is -2.08. The second kappa shape index (κ2) is 5.76. The molecule has 0 aliphatic heterocycles. The highest BCUT2D eigenvalue weighted by Gasteiger charge is 2.12. The molecule has 4 heteroatoms. The summed E-state index contributed by atoms with van der Waals surface area (Å²) in [5, 5.41) is 8.53. The summed E-state index contributed by atoms with van der Waals surface area (Å²) in [5.74, 6) is -0.365. The van der Waals surface area contributed by atoms with Gasteiger partial charge in [0.25, 0.3) is 0 Å². The number of benzene rings is 1. The molecular formula is C12H14N2O2. The van der Waals surface area contributed by atoms with Gasteiger partial charge in [0.1, 0.15) is 0 Å². The van der Waals surface area contributed by atoms with Crippen LogP contribution in [0.25, 0.3) is 0 Å². The van der Waals surface area contributed by atoms with E-state index in [1.807, 2.05) is 6.07 Å². The Labute approximate surface area is 94.6 Å². The van der Waals surface area contributed by atoms with Crippen molar-refractivity contribution in [2.24, 2.45) is 0 Å². The van der Waals surface area contributed by atoms with Crippen LogP contribution in [-0.2, 0) is 11.2 Å². The molecule has 0 saturated heterocycles. The number of nitrogens with zero attached hydrogens (tertiary/aromatic N) is 1. The van der Waals surface area contributed by atoms with Crippen molar-refractivity contribution in [2.45, 2.75) is 19.8 Å². The molecule has 0 aliphatic rings. The second-order valence-corrected chi connectivity index (χ2v) is 3.30. The van der Waals surface area contributed by atoms with Gasteiger partial charge in [-0.1, -0.05) is 0 Å². The van der Waals surface area contributed by atoms with E-state index in [0.29, 0.717) is 30.7 Å². The molecule has 16 heavy (non-hydrogen) atoms. The normalized spacial score (nSPS) is 9.50. The number of nitrogen functional groups attached to an aromatic ring is 1. The summed E-state index contributed by atoms with van der Waals surface area (Å²) in [6.07, 6.45) is 0.867. The fourth-order valence-corrected chi connectivity index (χ4v) is 1.42. The quantitative estimate of drug-likeness (QED) is 0.618.